The zero-order valence-electron chi connectivity index (χ0n) is 8.81. The van der Waals surface area contributed by atoms with E-state index in [1.807, 2.05) is 12.1 Å². The molecule has 0 unspecified atom stereocenters. The van der Waals surface area contributed by atoms with Crippen LogP contribution in [0.3, 0.4) is 0 Å². The fraction of sp³-hybridized carbons (Fsp3) is 0.333. The molecular formula is C12H11N3O. The van der Waals surface area contributed by atoms with Gasteiger partial charge in [0.1, 0.15) is 11.3 Å². The van der Waals surface area contributed by atoms with Crippen molar-refractivity contribution in [2.24, 2.45) is 5.11 Å². The molecule has 0 amide bonds. The van der Waals surface area contributed by atoms with Crippen LogP contribution in [0.1, 0.15) is 24.2 Å². The van der Waals surface area contributed by atoms with Gasteiger partial charge in [0.2, 0.25) is 0 Å². The van der Waals surface area contributed by atoms with E-state index in [1.165, 1.54) is 18.4 Å². The van der Waals surface area contributed by atoms with Gasteiger partial charge in [-0.2, -0.15) is 0 Å². The molecule has 1 aliphatic rings. The fourth-order valence-electron chi connectivity index (χ4n) is 2.36. The molecule has 80 valence electrons. The van der Waals surface area contributed by atoms with Gasteiger partial charge in [0.05, 0.1) is 0 Å². The van der Waals surface area contributed by atoms with Crippen LogP contribution in [-0.2, 0) is 12.8 Å². The second-order valence-corrected chi connectivity index (χ2v) is 4.08. The number of benzene rings is 1. The highest BCUT2D eigenvalue weighted by molar-refractivity contribution is 5.85. The third kappa shape index (κ3) is 1.35. The highest BCUT2D eigenvalue weighted by atomic mass is 16.3. The molecule has 0 fully saturated rings. The Morgan fingerprint density at radius 1 is 1.25 bits per heavy atom. The number of aryl methyl sites for hydroxylation is 2. The SMILES string of the molecule is [N-]=[N+]=Nc1ccc2oc3c(c2c1)CCCC3. The molecule has 3 rings (SSSR count). The summed E-state index contributed by atoms with van der Waals surface area (Å²) in [6.07, 6.45) is 4.52. The van der Waals surface area contributed by atoms with Gasteiger partial charge in [-0.05, 0) is 43.0 Å². The molecule has 0 saturated carbocycles. The van der Waals surface area contributed by atoms with E-state index < -0.39 is 0 Å². The maximum Gasteiger partial charge on any atom is 0.134 e. The van der Waals surface area contributed by atoms with E-state index in [1.54, 1.807) is 6.07 Å². The molecule has 1 heterocycles. The Hall–Kier alpha value is -1.93. The molecule has 1 aliphatic carbocycles. The molecule has 0 N–H and O–H groups in total. The quantitative estimate of drug-likeness (QED) is 0.396. The number of hydrogen-bond donors (Lipinski definition) is 0. The first-order chi connectivity index (χ1) is 7.88. The molecule has 4 heteroatoms. The first-order valence-corrected chi connectivity index (χ1v) is 5.48. The predicted molar refractivity (Wildman–Crippen MR) is 61.7 cm³/mol. The Labute approximate surface area is 92.5 Å². The molecule has 0 radical (unpaired) electrons. The summed E-state index contributed by atoms with van der Waals surface area (Å²) in [5.74, 6) is 1.11. The van der Waals surface area contributed by atoms with Crippen LogP contribution in [0, 0.1) is 0 Å². The number of fused-ring (bicyclic) bond motifs is 3. The first kappa shape index (κ1) is 9.31. The highest BCUT2D eigenvalue weighted by Crippen LogP contribution is 2.33. The average molecular weight is 213 g/mol. The molecule has 0 spiro atoms. The average Bonchev–Trinajstić information content (AvgIpc) is 2.68. The number of rotatable bonds is 1. The van der Waals surface area contributed by atoms with Gasteiger partial charge < -0.3 is 4.42 Å². The zero-order valence-corrected chi connectivity index (χ0v) is 8.81. The van der Waals surface area contributed by atoms with Gasteiger partial charge >= 0.3 is 0 Å². The van der Waals surface area contributed by atoms with Crippen molar-refractivity contribution in [3.8, 4) is 0 Å². The lowest BCUT2D eigenvalue weighted by atomic mass is 9.96. The van der Waals surface area contributed by atoms with Crippen LogP contribution in [-0.4, -0.2) is 0 Å². The molecule has 4 nitrogen and oxygen atoms in total. The highest BCUT2D eigenvalue weighted by Gasteiger charge is 2.17. The van der Waals surface area contributed by atoms with Gasteiger partial charge in [-0.25, -0.2) is 0 Å². The van der Waals surface area contributed by atoms with Crippen LogP contribution >= 0.6 is 0 Å². The zero-order chi connectivity index (χ0) is 11.0. The van der Waals surface area contributed by atoms with Crippen molar-refractivity contribution in [1.82, 2.24) is 0 Å². The second-order valence-electron chi connectivity index (χ2n) is 4.08. The summed E-state index contributed by atoms with van der Waals surface area (Å²) in [6.45, 7) is 0. The maximum atomic E-state index is 8.42. The molecule has 1 aromatic carbocycles. The lowest BCUT2D eigenvalue weighted by molar-refractivity contribution is 0.506. The van der Waals surface area contributed by atoms with Gasteiger partial charge in [0.15, 0.2) is 0 Å². The van der Waals surface area contributed by atoms with E-state index in [4.69, 9.17) is 9.95 Å². The lowest BCUT2D eigenvalue weighted by Gasteiger charge is -2.08. The summed E-state index contributed by atoms with van der Waals surface area (Å²) in [5, 5.41) is 4.73. The van der Waals surface area contributed by atoms with Crippen molar-refractivity contribution in [3.05, 3.63) is 40.0 Å². The smallest absolute Gasteiger partial charge is 0.134 e. The summed E-state index contributed by atoms with van der Waals surface area (Å²) in [4.78, 5) is 2.80. The number of azide groups is 1. The number of nitrogens with zero attached hydrogens (tertiary/aromatic N) is 3. The third-order valence-corrected chi connectivity index (χ3v) is 3.10. The Morgan fingerprint density at radius 3 is 3.00 bits per heavy atom. The molecule has 16 heavy (non-hydrogen) atoms. The van der Waals surface area contributed by atoms with Crippen LogP contribution in [0.25, 0.3) is 21.4 Å². The largest absolute Gasteiger partial charge is 0.461 e. The van der Waals surface area contributed by atoms with Crippen LogP contribution in [0.5, 0.6) is 0 Å². The minimum atomic E-state index is 0.657. The summed E-state index contributed by atoms with van der Waals surface area (Å²) in [7, 11) is 0. The van der Waals surface area contributed by atoms with E-state index in [9.17, 15) is 0 Å². The minimum Gasteiger partial charge on any atom is -0.461 e. The van der Waals surface area contributed by atoms with Gasteiger partial charge in [-0.15, -0.1) is 0 Å². The van der Waals surface area contributed by atoms with Crippen LogP contribution in [0.4, 0.5) is 5.69 Å². The predicted octanol–water partition coefficient (Wildman–Crippen LogP) is 4.25. The lowest BCUT2D eigenvalue weighted by Crippen LogP contribution is -1.98. The first-order valence-electron chi connectivity index (χ1n) is 5.48. The van der Waals surface area contributed by atoms with Gasteiger partial charge in [0.25, 0.3) is 0 Å². The molecule has 0 bridgehead atoms. The van der Waals surface area contributed by atoms with E-state index in [-0.39, 0.29) is 0 Å². The van der Waals surface area contributed by atoms with E-state index in [0.717, 1.165) is 29.6 Å². The van der Waals surface area contributed by atoms with Crippen molar-refractivity contribution >= 4 is 16.7 Å². The monoisotopic (exact) mass is 213 g/mol. The van der Waals surface area contributed by atoms with Crippen LogP contribution < -0.4 is 0 Å². The summed E-state index contributed by atoms with van der Waals surface area (Å²) < 4.78 is 5.79. The van der Waals surface area contributed by atoms with Crippen molar-refractivity contribution < 1.29 is 4.42 Å². The van der Waals surface area contributed by atoms with E-state index in [0.29, 0.717) is 5.69 Å². The Balaban J connectivity index is 2.24. The van der Waals surface area contributed by atoms with Gasteiger partial charge in [0, 0.05) is 28.0 Å². The number of furan rings is 1. The fourth-order valence-corrected chi connectivity index (χ4v) is 2.36. The summed E-state index contributed by atoms with van der Waals surface area (Å²) >= 11 is 0. The van der Waals surface area contributed by atoms with Crippen LogP contribution in [0.2, 0.25) is 0 Å². The van der Waals surface area contributed by atoms with Crippen molar-refractivity contribution in [1.29, 1.82) is 0 Å². The summed E-state index contributed by atoms with van der Waals surface area (Å²) in [5.41, 5.74) is 11.3. The van der Waals surface area contributed by atoms with Crippen molar-refractivity contribution in [2.45, 2.75) is 25.7 Å². The molecule has 0 atom stereocenters. The van der Waals surface area contributed by atoms with E-state index in [2.05, 4.69) is 10.0 Å². The topological polar surface area (TPSA) is 61.9 Å². The minimum absolute atomic E-state index is 0.657. The van der Waals surface area contributed by atoms with Gasteiger partial charge in [-0.1, -0.05) is 5.11 Å². The number of hydrogen-bond acceptors (Lipinski definition) is 2. The molecule has 1 aromatic heterocycles. The Kier molecular flexibility index (Phi) is 2.08. The molecule has 0 aliphatic heterocycles. The normalized spacial score (nSPS) is 14.5. The van der Waals surface area contributed by atoms with Gasteiger partial charge in [-0.3, -0.25) is 0 Å². The molecular weight excluding hydrogens is 202 g/mol. The van der Waals surface area contributed by atoms with Crippen molar-refractivity contribution in [2.75, 3.05) is 0 Å². The Morgan fingerprint density at radius 2 is 2.12 bits per heavy atom. The maximum absolute atomic E-state index is 8.42. The third-order valence-electron chi connectivity index (χ3n) is 3.10. The second kappa shape index (κ2) is 3.58. The standard InChI is InChI=1S/C12H11N3O/c13-15-14-8-5-6-12-10(7-8)9-3-1-2-4-11(9)16-12/h5-7H,1-4H2. The Bertz CT molecular complexity index is 594. The molecule has 0 saturated heterocycles. The van der Waals surface area contributed by atoms with Crippen molar-refractivity contribution in [3.63, 3.8) is 0 Å². The van der Waals surface area contributed by atoms with Crippen LogP contribution in [0.15, 0.2) is 27.7 Å². The van der Waals surface area contributed by atoms with E-state index >= 15 is 0 Å². The summed E-state index contributed by atoms with van der Waals surface area (Å²) in [6, 6.07) is 5.59. The molecule has 2 aromatic rings.